The first-order chi connectivity index (χ1) is 7.19. The van der Waals surface area contributed by atoms with Crippen molar-refractivity contribution in [2.75, 3.05) is 0 Å². The molecule has 0 amide bonds. The van der Waals surface area contributed by atoms with E-state index in [1.54, 1.807) is 19.1 Å². The van der Waals surface area contributed by atoms with Crippen LogP contribution in [0, 0.1) is 0 Å². The zero-order valence-electron chi connectivity index (χ0n) is 8.12. The maximum absolute atomic E-state index is 9.57. The first-order valence-corrected chi connectivity index (χ1v) is 4.21. The molecule has 0 aromatic heterocycles. The fraction of sp³-hybridized carbons (Fsp3) is 0.222. The molecule has 1 aromatic carbocycles. The van der Waals surface area contributed by atoms with Crippen molar-refractivity contribution >= 4 is 5.71 Å². The third-order valence-electron chi connectivity index (χ3n) is 1.92. The van der Waals surface area contributed by atoms with Crippen LogP contribution in [0.2, 0.25) is 0 Å². The lowest BCUT2D eigenvalue weighted by atomic mass is 10.1. The van der Waals surface area contributed by atoms with Crippen molar-refractivity contribution in [3.8, 4) is 5.75 Å². The summed E-state index contributed by atoms with van der Waals surface area (Å²) in [5, 5.41) is 24.5. The van der Waals surface area contributed by atoms with Crippen LogP contribution in [-0.4, -0.2) is 16.0 Å². The average molecular weight is 206 g/mol. The lowest BCUT2D eigenvalue weighted by Crippen LogP contribution is -1.95. The molecule has 0 aliphatic carbocycles. The number of benzene rings is 1. The topological polar surface area (TPSA) is 102 Å². The molecule has 0 spiro atoms. The second-order valence-corrected chi connectivity index (χ2v) is 2.93. The molecule has 6 heteroatoms. The summed E-state index contributed by atoms with van der Waals surface area (Å²) >= 11 is 0. The molecule has 0 heterocycles. The number of phenols is 1. The van der Waals surface area contributed by atoms with Crippen LogP contribution in [0.1, 0.15) is 18.1 Å². The Balaban J connectivity index is 3.03. The molecule has 0 bridgehead atoms. The summed E-state index contributed by atoms with van der Waals surface area (Å²) in [5.74, 6) is -0.00376. The van der Waals surface area contributed by atoms with Gasteiger partial charge in [-0.15, -0.1) is 0 Å². The van der Waals surface area contributed by atoms with Gasteiger partial charge in [0.25, 0.3) is 0 Å². The van der Waals surface area contributed by atoms with Gasteiger partial charge in [-0.25, -0.2) is 0 Å². The van der Waals surface area contributed by atoms with E-state index in [4.69, 9.17) is 10.7 Å². The van der Waals surface area contributed by atoms with Crippen molar-refractivity contribution in [2.45, 2.75) is 13.5 Å². The Hall–Kier alpha value is -2.20. The highest BCUT2D eigenvalue weighted by molar-refractivity contribution is 6.00. The van der Waals surface area contributed by atoms with Crippen LogP contribution in [0.3, 0.4) is 0 Å². The first kappa shape index (κ1) is 10.9. The Bertz CT molecular complexity index is 436. The second kappa shape index (κ2) is 4.88. The monoisotopic (exact) mass is 206 g/mol. The number of rotatable bonds is 3. The highest BCUT2D eigenvalue weighted by Crippen LogP contribution is 2.20. The predicted octanol–water partition coefficient (Wildman–Crippen LogP) is 2.40. The molecule has 0 fully saturated rings. The van der Waals surface area contributed by atoms with Gasteiger partial charge >= 0.3 is 0 Å². The average Bonchev–Trinajstić information content (AvgIpc) is 2.25. The summed E-state index contributed by atoms with van der Waals surface area (Å²) in [5.41, 5.74) is 9.58. The number of hydrogen-bond donors (Lipinski definition) is 2. The first-order valence-electron chi connectivity index (χ1n) is 4.21. The molecule has 0 saturated carbocycles. The van der Waals surface area contributed by atoms with Crippen molar-refractivity contribution < 1.29 is 10.3 Å². The van der Waals surface area contributed by atoms with Gasteiger partial charge in [-0.1, -0.05) is 16.3 Å². The fourth-order valence-corrected chi connectivity index (χ4v) is 1.15. The lowest BCUT2D eigenvalue weighted by molar-refractivity contribution is 0.318. The molecule has 0 saturated heterocycles. The Morgan fingerprint density at radius 2 is 2.27 bits per heavy atom. The summed E-state index contributed by atoms with van der Waals surface area (Å²) in [7, 11) is 0. The SMILES string of the molecule is C/C(=N/O)c1ccc(CN=[N+]=[N-])cc1O. The number of nitrogens with zero attached hydrogens (tertiary/aromatic N) is 4. The quantitative estimate of drug-likeness (QED) is 0.198. The van der Waals surface area contributed by atoms with E-state index >= 15 is 0 Å². The molecule has 0 radical (unpaired) electrons. The van der Waals surface area contributed by atoms with E-state index in [9.17, 15) is 5.11 Å². The van der Waals surface area contributed by atoms with Crippen LogP contribution >= 0.6 is 0 Å². The van der Waals surface area contributed by atoms with Crippen molar-refractivity contribution in [3.05, 3.63) is 39.8 Å². The van der Waals surface area contributed by atoms with Gasteiger partial charge < -0.3 is 10.3 Å². The Kier molecular flexibility index (Phi) is 3.54. The van der Waals surface area contributed by atoms with Crippen molar-refractivity contribution in [2.24, 2.45) is 10.3 Å². The third-order valence-corrected chi connectivity index (χ3v) is 1.92. The third kappa shape index (κ3) is 2.62. The van der Waals surface area contributed by atoms with E-state index < -0.39 is 0 Å². The van der Waals surface area contributed by atoms with E-state index in [2.05, 4.69) is 15.2 Å². The highest BCUT2D eigenvalue weighted by Gasteiger charge is 2.05. The van der Waals surface area contributed by atoms with Gasteiger partial charge in [0.15, 0.2) is 0 Å². The molecule has 6 nitrogen and oxygen atoms in total. The normalized spacial score (nSPS) is 10.9. The van der Waals surface area contributed by atoms with Crippen molar-refractivity contribution in [3.63, 3.8) is 0 Å². The Morgan fingerprint density at radius 3 is 2.80 bits per heavy atom. The lowest BCUT2D eigenvalue weighted by Gasteiger charge is -2.04. The fourth-order valence-electron chi connectivity index (χ4n) is 1.15. The van der Waals surface area contributed by atoms with Gasteiger partial charge in [0.2, 0.25) is 0 Å². The van der Waals surface area contributed by atoms with E-state index in [0.717, 1.165) is 0 Å². The summed E-state index contributed by atoms with van der Waals surface area (Å²) < 4.78 is 0. The summed E-state index contributed by atoms with van der Waals surface area (Å²) in [4.78, 5) is 2.61. The van der Waals surface area contributed by atoms with Crippen LogP contribution in [0.15, 0.2) is 28.5 Å². The van der Waals surface area contributed by atoms with E-state index in [-0.39, 0.29) is 12.3 Å². The molecule has 1 rings (SSSR count). The molecule has 1 aromatic rings. The number of azide groups is 1. The van der Waals surface area contributed by atoms with Crippen LogP contribution in [0.5, 0.6) is 5.75 Å². The molecule has 78 valence electrons. The molecule has 0 atom stereocenters. The molecular weight excluding hydrogens is 196 g/mol. The molecule has 0 aliphatic rings. The van der Waals surface area contributed by atoms with Crippen LogP contribution in [0.4, 0.5) is 0 Å². The zero-order valence-corrected chi connectivity index (χ0v) is 8.12. The maximum atomic E-state index is 9.57. The van der Waals surface area contributed by atoms with Gasteiger partial charge in [-0.05, 0) is 30.2 Å². The largest absolute Gasteiger partial charge is 0.507 e. The standard InChI is InChI=1S/C9H10N4O2/c1-6(12-15)8-3-2-7(4-9(8)14)5-11-13-10/h2-4,14-15H,5H2,1H3/b12-6-. The molecule has 15 heavy (non-hydrogen) atoms. The van der Waals surface area contributed by atoms with E-state index in [0.29, 0.717) is 16.8 Å². The van der Waals surface area contributed by atoms with Gasteiger partial charge in [-0.3, -0.25) is 0 Å². The minimum atomic E-state index is -0.00376. The van der Waals surface area contributed by atoms with Crippen LogP contribution in [-0.2, 0) is 6.54 Å². The second-order valence-electron chi connectivity index (χ2n) is 2.93. The van der Waals surface area contributed by atoms with Crippen LogP contribution in [0.25, 0.3) is 10.4 Å². The minimum Gasteiger partial charge on any atom is -0.507 e. The van der Waals surface area contributed by atoms with Crippen LogP contribution < -0.4 is 0 Å². The van der Waals surface area contributed by atoms with Crippen molar-refractivity contribution in [1.29, 1.82) is 0 Å². The van der Waals surface area contributed by atoms with Gasteiger partial charge in [0.1, 0.15) is 5.75 Å². The van der Waals surface area contributed by atoms with E-state index in [1.807, 2.05) is 0 Å². The molecule has 0 unspecified atom stereocenters. The smallest absolute Gasteiger partial charge is 0.125 e. The minimum absolute atomic E-state index is 0.00376. The summed E-state index contributed by atoms with van der Waals surface area (Å²) in [6.07, 6.45) is 0. The molecule has 0 aliphatic heterocycles. The maximum Gasteiger partial charge on any atom is 0.125 e. The highest BCUT2D eigenvalue weighted by atomic mass is 16.4. The predicted molar refractivity (Wildman–Crippen MR) is 55.0 cm³/mol. The number of hydrogen-bond acceptors (Lipinski definition) is 4. The summed E-state index contributed by atoms with van der Waals surface area (Å²) in [6, 6.07) is 4.77. The molecular formula is C9H10N4O2. The van der Waals surface area contributed by atoms with Gasteiger partial charge in [0.05, 0.1) is 12.3 Å². The number of phenolic OH excluding ortho intramolecular Hbond substituents is 1. The van der Waals surface area contributed by atoms with E-state index in [1.165, 1.54) is 6.07 Å². The number of aromatic hydroxyl groups is 1. The Morgan fingerprint density at radius 1 is 1.53 bits per heavy atom. The molecule has 2 N–H and O–H groups in total. The number of oxime groups is 1. The van der Waals surface area contributed by atoms with Crippen molar-refractivity contribution in [1.82, 2.24) is 0 Å². The zero-order chi connectivity index (χ0) is 11.3. The van der Waals surface area contributed by atoms with Gasteiger partial charge in [-0.2, -0.15) is 0 Å². The Labute approximate surface area is 86.1 Å². The van der Waals surface area contributed by atoms with Gasteiger partial charge in [0, 0.05) is 10.5 Å². The summed E-state index contributed by atoms with van der Waals surface area (Å²) in [6.45, 7) is 1.75.